The van der Waals surface area contributed by atoms with Crippen LogP contribution in [-0.2, 0) is 11.2 Å². The topological polar surface area (TPSA) is 60.2 Å². The Kier molecular flexibility index (Phi) is 6.13. The van der Waals surface area contributed by atoms with Gasteiger partial charge in [-0.15, -0.1) is 0 Å². The second-order valence-corrected chi connectivity index (χ2v) is 4.01. The Labute approximate surface area is 107 Å². The summed E-state index contributed by atoms with van der Waals surface area (Å²) in [6.07, 6.45) is -0.161. The van der Waals surface area contributed by atoms with Crippen LogP contribution in [0.1, 0.15) is 5.56 Å². The van der Waals surface area contributed by atoms with Crippen molar-refractivity contribution in [2.24, 2.45) is 5.84 Å². The van der Waals surface area contributed by atoms with Crippen molar-refractivity contribution >= 4 is 0 Å². The Morgan fingerprint density at radius 3 is 2.68 bits per heavy atom. The van der Waals surface area contributed by atoms with E-state index in [2.05, 4.69) is 15.1 Å². The molecular weight excluding hydrogens is 266 g/mol. The van der Waals surface area contributed by atoms with Crippen molar-refractivity contribution in [1.82, 2.24) is 10.4 Å². The summed E-state index contributed by atoms with van der Waals surface area (Å²) < 4.78 is 53.5. The van der Waals surface area contributed by atoms with Crippen molar-refractivity contribution in [2.75, 3.05) is 13.2 Å². The van der Waals surface area contributed by atoms with Crippen LogP contribution >= 0.6 is 0 Å². The molecule has 0 bridgehead atoms. The molecule has 8 heteroatoms. The lowest BCUT2D eigenvalue weighted by molar-refractivity contribution is -0.167. The predicted octanol–water partition coefficient (Wildman–Crippen LogP) is 1.37. The van der Waals surface area contributed by atoms with Crippen molar-refractivity contribution < 1.29 is 22.3 Å². The summed E-state index contributed by atoms with van der Waals surface area (Å²) >= 11 is 0. The van der Waals surface area contributed by atoms with Crippen LogP contribution < -0.4 is 11.3 Å². The van der Waals surface area contributed by atoms with E-state index in [1.807, 2.05) is 0 Å². The summed E-state index contributed by atoms with van der Waals surface area (Å²) in [5, 5.41) is 0. The lowest BCUT2D eigenvalue weighted by atomic mass is 10.1. The molecule has 0 spiro atoms. The number of rotatable bonds is 8. The van der Waals surface area contributed by atoms with Crippen LogP contribution in [0.3, 0.4) is 0 Å². The third kappa shape index (κ3) is 5.50. The molecule has 1 unspecified atom stereocenters. The molecule has 1 heterocycles. The first-order valence-corrected chi connectivity index (χ1v) is 5.54. The highest BCUT2D eigenvalue weighted by atomic mass is 19.3. The Bertz CT molecular complexity index is 364. The van der Waals surface area contributed by atoms with E-state index < -0.39 is 25.0 Å². The number of hydrazine groups is 1. The second-order valence-electron chi connectivity index (χ2n) is 4.01. The van der Waals surface area contributed by atoms with Crippen LogP contribution in [0.2, 0.25) is 0 Å². The van der Waals surface area contributed by atoms with E-state index >= 15 is 0 Å². The summed E-state index contributed by atoms with van der Waals surface area (Å²) in [5.74, 6) is 1.10. The SMILES string of the molecule is NNC(COCC(F)(F)C(F)F)Cc1cccnc1. The van der Waals surface area contributed by atoms with Gasteiger partial charge in [0, 0.05) is 18.4 Å². The van der Waals surface area contributed by atoms with Gasteiger partial charge in [-0.1, -0.05) is 6.07 Å². The highest BCUT2D eigenvalue weighted by Gasteiger charge is 2.41. The second kappa shape index (κ2) is 7.37. The van der Waals surface area contributed by atoms with Crippen LogP contribution in [-0.4, -0.2) is 36.6 Å². The molecule has 108 valence electrons. The average Bonchev–Trinajstić information content (AvgIpc) is 2.38. The molecule has 0 saturated carbocycles. The minimum Gasteiger partial charge on any atom is -0.373 e. The number of pyridine rings is 1. The molecule has 1 aromatic heterocycles. The molecule has 1 rings (SSSR count). The highest BCUT2D eigenvalue weighted by molar-refractivity contribution is 5.10. The third-order valence-corrected chi connectivity index (χ3v) is 2.37. The number of halogens is 4. The van der Waals surface area contributed by atoms with Gasteiger partial charge in [-0.05, 0) is 18.1 Å². The van der Waals surface area contributed by atoms with Gasteiger partial charge < -0.3 is 4.74 Å². The van der Waals surface area contributed by atoms with Crippen LogP contribution in [0.4, 0.5) is 17.6 Å². The predicted molar refractivity (Wildman–Crippen MR) is 60.8 cm³/mol. The molecule has 0 aliphatic heterocycles. The van der Waals surface area contributed by atoms with Crippen molar-refractivity contribution in [3.05, 3.63) is 30.1 Å². The van der Waals surface area contributed by atoms with E-state index in [1.54, 1.807) is 24.5 Å². The smallest absolute Gasteiger partial charge is 0.330 e. The molecule has 0 amide bonds. The molecule has 0 aliphatic rings. The molecule has 3 N–H and O–H groups in total. The number of ether oxygens (including phenoxy) is 1. The third-order valence-electron chi connectivity index (χ3n) is 2.37. The van der Waals surface area contributed by atoms with E-state index in [0.717, 1.165) is 5.56 Å². The molecule has 4 nitrogen and oxygen atoms in total. The minimum atomic E-state index is -4.15. The fourth-order valence-electron chi connectivity index (χ4n) is 1.37. The van der Waals surface area contributed by atoms with Crippen molar-refractivity contribution in [3.8, 4) is 0 Å². The maximum atomic E-state index is 12.6. The fraction of sp³-hybridized carbons (Fsp3) is 0.545. The zero-order valence-electron chi connectivity index (χ0n) is 10.0. The largest absolute Gasteiger partial charge is 0.373 e. The van der Waals surface area contributed by atoms with Crippen molar-refractivity contribution in [2.45, 2.75) is 24.8 Å². The normalized spacial score (nSPS) is 13.8. The van der Waals surface area contributed by atoms with Gasteiger partial charge in [0.25, 0.3) is 0 Å². The van der Waals surface area contributed by atoms with Crippen LogP contribution in [0.15, 0.2) is 24.5 Å². The monoisotopic (exact) mass is 281 g/mol. The number of nitrogens with two attached hydrogens (primary N) is 1. The van der Waals surface area contributed by atoms with Crippen molar-refractivity contribution in [3.63, 3.8) is 0 Å². The average molecular weight is 281 g/mol. The number of nitrogens with one attached hydrogen (secondary N) is 1. The molecule has 0 radical (unpaired) electrons. The highest BCUT2D eigenvalue weighted by Crippen LogP contribution is 2.22. The van der Waals surface area contributed by atoms with Gasteiger partial charge in [0.2, 0.25) is 0 Å². The minimum absolute atomic E-state index is 0.201. The molecule has 0 fully saturated rings. The fourth-order valence-corrected chi connectivity index (χ4v) is 1.37. The molecule has 1 atom stereocenters. The molecule has 0 saturated heterocycles. The van der Waals surface area contributed by atoms with E-state index in [-0.39, 0.29) is 6.61 Å². The number of alkyl halides is 4. The maximum Gasteiger partial charge on any atom is 0.330 e. The van der Waals surface area contributed by atoms with E-state index in [1.165, 1.54) is 0 Å². The molecule has 0 aromatic carbocycles. The standard InChI is InChI=1S/C11H15F4N3O/c12-10(13)11(14,15)7-19-6-9(18-16)4-8-2-1-3-17-5-8/h1-3,5,9-10,18H,4,6-7,16H2. The lowest BCUT2D eigenvalue weighted by Crippen LogP contribution is -2.42. The Balaban J connectivity index is 2.38. The molecule has 19 heavy (non-hydrogen) atoms. The summed E-state index contributed by atoms with van der Waals surface area (Å²) in [4.78, 5) is 3.89. The number of nitrogens with zero attached hydrogens (tertiary/aromatic N) is 1. The summed E-state index contributed by atoms with van der Waals surface area (Å²) in [6.45, 7) is -1.54. The van der Waals surface area contributed by atoms with E-state index in [0.29, 0.717) is 6.42 Å². The summed E-state index contributed by atoms with van der Waals surface area (Å²) in [7, 11) is 0. The molecular formula is C11H15F4N3O. The summed E-state index contributed by atoms with van der Waals surface area (Å²) in [5.41, 5.74) is 3.21. The van der Waals surface area contributed by atoms with Crippen LogP contribution in [0, 0.1) is 0 Å². The summed E-state index contributed by atoms with van der Waals surface area (Å²) in [6, 6.07) is 3.04. The van der Waals surface area contributed by atoms with Crippen molar-refractivity contribution in [1.29, 1.82) is 0 Å². The number of hydrogen-bond donors (Lipinski definition) is 2. The molecule has 1 aromatic rings. The maximum absolute atomic E-state index is 12.6. The van der Waals surface area contributed by atoms with Gasteiger partial charge in [0.05, 0.1) is 6.61 Å². The van der Waals surface area contributed by atoms with E-state index in [4.69, 9.17) is 5.84 Å². The van der Waals surface area contributed by atoms with Crippen LogP contribution in [0.5, 0.6) is 0 Å². The van der Waals surface area contributed by atoms with E-state index in [9.17, 15) is 17.6 Å². The quantitative estimate of drug-likeness (QED) is 0.429. The van der Waals surface area contributed by atoms with Gasteiger partial charge in [-0.2, -0.15) is 8.78 Å². The Hall–Kier alpha value is -1.25. The van der Waals surface area contributed by atoms with Gasteiger partial charge in [-0.3, -0.25) is 16.3 Å². The molecule has 0 aliphatic carbocycles. The first kappa shape index (κ1) is 15.8. The first-order valence-electron chi connectivity index (χ1n) is 5.54. The van der Waals surface area contributed by atoms with Crippen LogP contribution in [0.25, 0.3) is 0 Å². The Morgan fingerprint density at radius 1 is 1.42 bits per heavy atom. The number of aromatic nitrogens is 1. The zero-order chi connectivity index (χ0) is 14.3. The zero-order valence-corrected chi connectivity index (χ0v) is 10.0. The first-order chi connectivity index (χ1) is 8.95. The number of hydrogen-bond acceptors (Lipinski definition) is 4. The lowest BCUT2D eigenvalue weighted by Gasteiger charge is -2.19. The Morgan fingerprint density at radius 2 is 2.16 bits per heavy atom. The van der Waals surface area contributed by atoms with Gasteiger partial charge in [-0.25, -0.2) is 8.78 Å². The van der Waals surface area contributed by atoms with Gasteiger partial charge >= 0.3 is 12.3 Å². The van der Waals surface area contributed by atoms with Gasteiger partial charge in [0.15, 0.2) is 0 Å². The van der Waals surface area contributed by atoms with Gasteiger partial charge in [0.1, 0.15) is 6.61 Å².